The fraction of sp³-hybridized carbons (Fsp3) is 0.0870. The molecule has 0 saturated carbocycles. The van der Waals surface area contributed by atoms with E-state index in [1.165, 1.54) is 23.9 Å². The van der Waals surface area contributed by atoms with Crippen molar-refractivity contribution < 1.29 is 18.6 Å². The van der Waals surface area contributed by atoms with Gasteiger partial charge in [-0.05, 0) is 42.0 Å². The van der Waals surface area contributed by atoms with Gasteiger partial charge in [-0.2, -0.15) is 9.37 Å². The van der Waals surface area contributed by atoms with Crippen molar-refractivity contribution in [3.8, 4) is 0 Å². The van der Waals surface area contributed by atoms with Gasteiger partial charge in [0.25, 0.3) is 0 Å². The molecule has 0 N–H and O–H groups in total. The fourth-order valence-corrected chi connectivity index (χ4v) is 5.32. The van der Waals surface area contributed by atoms with Crippen LogP contribution in [0.3, 0.4) is 0 Å². The SMILES string of the molecule is O=C1C2Sc3ccccc3C2=[N+](Cc2cccc(F)c2)C(=O)N1c1ccccc1Cl. The van der Waals surface area contributed by atoms with Gasteiger partial charge in [-0.25, -0.2) is 9.18 Å². The number of benzene rings is 3. The molecule has 3 aromatic rings. The van der Waals surface area contributed by atoms with E-state index in [1.807, 2.05) is 24.3 Å². The van der Waals surface area contributed by atoms with Crippen LogP contribution in [0.25, 0.3) is 0 Å². The molecule has 1 atom stereocenters. The first-order valence-electron chi connectivity index (χ1n) is 9.32. The molecule has 148 valence electrons. The number of carbonyl (C=O) groups excluding carboxylic acids is 2. The Hall–Kier alpha value is -2.96. The van der Waals surface area contributed by atoms with E-state index in [0.717, 1.165) is 15.4 Å². The monoisotopic (exact) mass is 437 g/mol. The number of amides is 3. The number of carbonyl (C=O) groups is 2. The third kappa shape index (κ3) is 3.04. The van der Waals surface area contributed by atoms with Crippen LogP contribution in [0, 0.1) is 5.82 Å². The molecule has 3 amide bonds. The van der Waals surface area contributed by atoms with Crippen LogP contribution < -0.4 is 4.90 Å². The van der Waals surface area contributed by atoms with E-state index in [2.05, 4.69) is 0 Å². The molecule has 2 heterocycles. The topological polar surface area (TPSA) is 40.4 Å². The van der Waals surface area contributed by atoms with E-state index < -0.39 is 11.3 Å². The van der Waals surface area contributed by atoms with E-state index >= 15 is 0 Å². The Kier molecular flexibility index (Phi) is 4.68. The number of imide groups is 1. The third-order valence-electron chi connectivity index (χ3n) is 5.14. The summed E-state index contributed by atoms with van der Waals surface area (Å²) in [7, 11) is 0. The highest BCUT2D eigenvalue weighted by Crippen LogP contribution is 2.41. The Morgan fingerprint density at radius 3 is 2.57 bits per heavy atom. The van der Waals surface area contributed by atoms with Crippen LogP contribution in [-0.4, -0.2) is 27.5 Å². The zero-order chi connectivity index (χ0) is 20.8. The Balaban J connectivity index is 1.70. The van der Waals surface area contributed by atoms with Gasteiger partial charge in [0.05, 0.1) is 5.02 Å². The molecule has 0 aliphatic carbocycles. The van der Waals surface area contributed by atoms with E-state index in [4.69, 9.17) is 11.6 Å². The van der Waals surface area contributed by atoms with Gasteiger partial charge in [-0.3, -0.25) is 0 Å². The van der Waals surface area contributed by atoms with E-state index in [1.54, 1.807) is 41.0 Å². The maximum absolute atomic E-state index is 13.8. The summed E-state index contributed by atoms with van der Waals surface area (Å²) in [4.78, 5) is 29.1. The molecule has 30 heavy (non-hydrogen) atoms. The number of hydrogen-bond donors (Lipinski definition) is 0. The molecule has 3 aromatic carbocycles. The number of fused-ring (bicyclic) bond motifs is 3. The highest BCUT2D eigenvalue weighted by molar-refractivity contribution is 8.02. The fourth-order valence-electron chi connectivity index (χ4n) is 3.82. The van der Waals surface area contributed by atoms with Crippen LogP contribution in [0.2, 0.25) is 5.02 Å². The summed E-state index contributed by atoms with van der Waals surface area (Å²) in [5.41, 5.74) is 2.47. The molecule has 0 bridgehead atoms. The maximum Gasteiger partial charge on any atom is 0.506 e. The van der Waals surface area contributed by atoms with Gasteiger partial charge in [0, 0.05) is 10.5 Å². The molecular formula is C23H15ClFN2O2S+. The van der Waals surface area contributed by atoms with Crippen LogP contribution in [0.1, 0.15) is 11.1 Å². The molecule has 0 saturated heterocycles. The first-order chi connectivity index (χ1) is 14.5. The van der Waals surface area contributed by atoms with Crippen LogP contribution in [0.5, 0.6) is 0 Å². The predicted octanol–water partition coefficient (Wildman–Crippen LogP) is 5.12. The molecule has 0 radical (unpaired) electrons. The van der Waals surface area contributed by atoms with Crippen molar-refractivity contribution in [2.45, 2.75) is 16.7 Å². The first-order valence-corrected chi connectivity index (χ1v) is 10.6. The Morgan fingerprint density at radius 2 is 1.77 bits per heavy atom. The van der Waals surface area contributed by atoms with E-state index in [9.17, 15) is 14.0 Å². The van der Waals surface area contributed by atoms with Crippen LogP contribution in [0.4, 0.5) is 14.9 Å². The Bertz CT molecular complexity index is 1240. The van der Waals surface area contributed by atoms with Gasteiger partial charge < -0.3 is 0 Å². The Labute approximate surface area is 181 Å². The van der Waals surface area contributed by atoms with Crippen molar-refractivity contribution >= 4 is 46.7 Å². The summed E-state index contributed by atoms with van der Waals surface area (Å²) in [6, 6.07) is 20.0. The third-order valence-corrected chi connectivity index (χ3v) is 6.73. The van der Waals surface area contributed by atoms with Crippen molar-refractivity contribution in [2.24, 2.45) is 0 Å². The first kappa shape index (κ1) is 19.0. The average molecular weight is 438 g/mol. The quantitative estimate of drug-likeness (QED) is 0.534. The molecule has 4 nitrogen and oxygen atoms in total. The molecule has 0 fully saturated rings. The molecule has 0 aromatic heterocycles. The van der Waals surface area contributed by atoms with Crippen molar-refractivity contribution in [3.05, 3.63) is 94.8 Å². The minimum atomic E-state index is -0.579. The number of hydrogen-bond acceptors (Lipinski definition) is 3. The lowest BCUT2D eigenvalue weighted by atomic mass is 10.0. The minimum Gasteiger partial charge on any atom is -0.244 e. The normalized spacial score (nSPS) is 17.9. The second kappa shape index (κ2) is 7.38. The van der Waals surface area contributed by atoms with Crippen LogP contribution >= 0.6 is 23.4 Å². The van der Waals surface area contributed by atoms with Crippen LogP contribution in [-0.2, 0) is 11.3 Å². The van der Waals surface area contributed by atoms with Crippen LogP contribution in [0.15, 0.2) is 77.7 Å². The molecule has 5 rings (SSSR count). The molecule has 2 aliphatic heterocycles. The molecule has 7 heteroatoms. The second-order valence-electron chi connectivity index (χ2n) is 7.00. The number of thioether (sulfide) groups is 1. The summed E-state index contributed by atoms with van der Waals surface area (Å²) in [6.45, 7) is 0.144. The number of halogens is 2. The smallest absolute Gasteiger partial charge is 0.244 e. The zero-order valence-electron chi connectivity index (χ0n) is 15.6. The molecule has 0 spiro atoms. The summed E-state index contributed by atoms with van der Waals surface area (Å²) in [5, 5.41) is -0.265. The van der Waals surface area contributed by atoms with Gasteiger partial charge in [-0.15, -0.1) is 16.7 Å². The van der Waals surface area contributed by atoms with E-state index in [0.29, 0.717) is 22.0 Å². The predicted molar refractivity (Wildman–Crippen MR) is 115 cm³/mol. The summed E-state index contributed by atoms with van der Waals surface area (Å²) in [6.07, 6.45) is 0. The van der Waals surface area contributed by atoms with Crippen molar-refractivity contribution in [1.82, 2.24) is 0 Å². The highest BCUT2D eigenvalue weighted by atomic mass is 35.5. The Morgan fingerprint density at radius 1 is 1.00 bits per heavy atom. The lowest BCUT2D eigenvalue weighted by molar-refractivity contribution is -0.444. The van der Waals surface area contributed by atoms with E-state index in [-0.39, 0.29) is 18.3 Å². The highest BCUT2D eigenvalue weighted by Gasteiger charge is 2.53. The van der Waals surface area contributed by atoms with Gasteiger partial charge >= 0.3 is 11.9 Å². The largest absolute Gasteiger partial charge is 0.506 e. The molecule has 2 aliphatic rings. The average Bonchev–Trinajstić information content (AvgIpc) is 3.13. The lowest BCUT2D eigenvalue weighted by Crippen LogP contribution is -2.55. The molecule has 1 unspecified atom stereocenters. The maximum atomic E-state index is 13.8. The second-order valence-corrected chi connectivity index (χ2v) is 8.56. The van der Waals surface area contributed by atoms with Crippen molar-refractivity contribution in [2.75, 3.05) is 4.90 Å². The van der Waals surface area contributed by atoms with Gasteiger partial charge in [0.1, 0.15) is 18.1 Å². The number of anilines is 1. The number of urea groups is 1. The number of rotatable bonds is 3. The van der Waals surface area contributed by atoms with Gasteiger partial charge in [0.2, 0.25) is 0 Å². The lowest BCUT2D eigenvalue weighted by Gasteiger charge is -2.25. The van der Waals surface area contributed by atoms with Gasteiger partial charge in [0.15, 0.2) is 10.9 Å². The van der Waals surface area contributed by atoms with Gasteiger partial charge in [-0.1, -0.05) is 48.0 Å². The summed E-state index contributed by atoms with van der Waals surface area (Å²) in [5.74, 6) is -0.710. The minimum absolute atomic E-state index is 0.144. The number of nitrogens with zero attached hydrogens (tertiary/aromatic N) is 2. The summed E-state index contributed by atoms with van der Waals surface area (Å²) >= 11 is 7.73. The van der Waals surface area contributed by atoms with Crippen molar-refractivity contribution in [3.63, 3.8) is 0 Å². The molecular weight excluding hydrogens is 423 g/mol. The zero-order valence-corrected chi connectivity index (χ0v) is 17.2. The number of para-hydroxylation sites is 1. The standard InChI is InChI=1S/C23H15ClFN2O2S/c24-17-9-2-3-10-18(17)27-22(28)21-20(16-8-1-4-11-19(16)30-21)26(23(27)29)13-14-6-5-7-15(25)12-14/h1-12,21H,13H2/q+1. The summed E-state index contributed by atoms with van der Waals surface area (Å²) < 4.78 is 15.3. The van der Waals surface area contributed by atoms with Crippen molar-refractivity contribution in [1.29, 1.82) is 0 Å².